The third kappa shape index (κ3) is 8.12. The van der Waals surface area contributed by atoms with Gasteiger partial charge in [0, 0.05) is 20.7 Å². The molecule has 6 nitrogen and oxygen atoms in total. The Kier molecular flexibility index (Phi) is 10.2. The highest BCUT2D eigenvalue weighted by molar-refractivity contribution is 9.10. The molecule has 0 aromatic heterocycles. The number of halogens is 2. The maximum Gasteiger partial charge on any atom is 0.266 e. The molecule has 0 spiro atoms. The van der Waals surface area contributed by atoms with Gasteiger partial charge in [0.2, 0.25) is 0 Å². The number of nitrogens with zero attached hydrogens (tertiary/aromatic N) is 1. The molecular formula is C32H26BrClN2O4. The molecule has 4 rings (SSSR count). The Hall–Kier alpha value is -4.25. The van der Waals surface area contributed by atoms with Crippen molar-refractivity contribution < 1.29 is 19.0 Å². The highest BCUT2D eigenvalue weighted by atomic mass is 79.9. The molecule has 202 valence electrons. The first-order chi connectivity index (χ1) is 19.4. The third-order valence-electron chi connectivity index (χ3n) is 5.66. The van der Waals surface area contributed by atoms with Crippen LogP contribution in [0.4, 0.5) is 5.69 Å². The van der Waals surface area contributed by atoms with Gasteiger partial charge in [-0.3, -0.25) is 4.79 Å². The Labute approximate surface area is 246 Å². The Morgan fingerprint density at radius 2 is 1.62 bits per heavy atom. The fourth-order valence-corrected chi connectivity index (χ4v) is 4.33. The van der Waals surface area contributed by atoms with Gasteiger partial charge in [0.05, 0.1) is 6.61 Å². The fourth-order valence-electron chi connectivity index (χ4n) is 3.76. The molecule has 8 heteroatoms. The number of hydrogen-bond donors (Lipinski definition) is 1. The maximum absolute atomic E-state index is 12.8. The topological polar surface area (TPSA) is 80.6 Å². The molecule has 0 aliphatic heterocycles. The Balaban J connectivity index is 1.50. The van der Waals surface area contributed by atoms with Crippen molar-refractivity contribution in [2.45, 2.75) is 20.1 Å². The molecule has 0 radical (unpaired) electrons. The van der Waals surface area contributed by atoms with E-state index in [-0.39, 0.29) is 12.2 Å². The van der Waals surface area contributed by atoms with Crippen molar-refractivity contribution >= 4 is 45.2 Å². The predicted octanol–water partition coefficient (Wildman–Crippen LogP) is 8.20. The van der Waals surface area contributed by atoms with E-state index in [4.69, 9.17) is 25.8 Å². The minimum Gasteiger partial charge on any atom is -0.490 e. The summed E-state index contributed by atoms with van der Waals surface area (Å²) in [5.74, 6) is 1.23. The summed E-state index contributed by atoms with van der Waals surface area (Å²) in [4.78, 5) is 12.8. The van der Waals surface area contributed by atoms with Crippen LogP contribution in [0.25, 0.3) is 6.08 Å². The molecule has 0 bridgehead atoms. The molecule has 4 aromatic rings. The van der Waals surface area contributed by atoms with Gasteiger partial charge >= 0.3 is 0 Å². The van der Waals surface area contributed by atoms with Crippen molar-refractivity contribution in [1.29, 1.82) is 5.26 Å². The van der Waals surface area contributed by atoms with Gasteiger partial charge in [-0.1, -0.05) is 70.0 Å². The number of rotatable bonds is 11. The minimum absolute atomic E-state index is 0.0820. The van der Waals surface area contributed by atoms with E-state index in [1.165, 1.54) is 6.08 Å². The average molecular weight is 618 g/mol. The van der Waals surface area contributed by atoms with Crippen LogP contribution >= 0.6 is 27.5 Å². The summed E-state index contributed by atoms with van der Waals surface area (Å²) < 4.78 is 18.7. The molecule has 0 saturated heterocycles. The Morgan fingerprint density at radius 1 is 0.875 bits per heavy atom. The van der Waals surface area contributed by atoms with Crippen LogP contribution in [0.1, 0.15) is 23.6 Å². The number of carbonyl (C=O) groups is 1. The smallest absolute Gasteiger partial charge is 0.266 e. The number of hydrogen-bond acceptors (Lipinski definition) is 5. The van der Waals surface area contributed by atoms with E-state index in [0.717, 1.165) is 15.6 Å². The second-order valence-corrected chi connectivity index (χ2v) is 9.95. The summed E-state index contributed by atoms with van der Waals surface area (Å²) in [7, 11) is 0. The van der Waals surface area contributed by atoms with E-state index < -0.39 is 5.91 Å². The van der Waals surface area contributed by atoms with Crippen LogP contribution < -0.4 is 19.5 Å². The summed E-state index contributed by atoms with van der Waals surface area (Å²) >= 11 is 9.46. The van der Waals surface area contributed by atoms with E-state index in [0.29, 0.717) is 46.7 Å². The van der Waals surface area contributed by atoms with Crippen LogP contribution in [0.2, 0.25) is 5.02 Å². The lowest BCUT2D eigenvalue weighted by atomic mass is 10.1. The number of ether oxygens (including phenoxy) is 3. The van der Waals surface area contributed by atoms with Gasteiger partial charge in [-0.15, -0.1) is 0 Å². The number of amides is 1. The number of anilines is 1. The number of benzene rings is 4. The van der Waals surface area contributed by atoms with Crippen molar-refractivity contribution in [2.24, 2.45) is 0 Å². The van der Waals surface area contributed by atoms with Crippen LogP contribution in [-0.2, 0) is 18.0 Å². The molecule has 0 atom stereocenters. The van der Waals surface area contributed by atoms with Gasteiger partial charge in [0.25, 0.3) is 5.91 Å². The summed E-state index contributed by atoms with van der Waals surface area (Å²) in [6.45, 7) is 3.07. The summed E-state index contributed by atoms with van der Waals surface area (Å²) in [6.07, 6.45) is 1.49. The first-order valence-corrected chi connectivity index (χ1v) is 13.7. The Morgan fingerprint density at radius 3 is 2.38 bits per heavy atom. The van der Waals surface area contributed by atoms with Crippen LogP contribution in [0.3, 0.4) is 0 Å². The van der Waals surface area contributed by atoms with Crippen molar-refractivity contribution in [3.63, 3.8) is 0 Å². The predicted molar refractivity (Wildman–Crippen MR) is 161 cm³/mol. The van der Waals surface area contributed by atoms with Crippen LogP contribution in [0.15, 0.2) is 101 Å². The summed E-state index contributed by atoms with van der Waals surface area (Å²) in [6, 6.07) is 29.7. The van der Waals surface area contributed by atoms with E-state index in [1.54, 1.807) is 36.4 Å². The standard InChI is InChI=1S/C32H26BrClN2O4/c1-2-38-31-15-23(11-13-30(31)40-20-22-7-4-3-5-8-22)21-39-29-14-12-26(33)17-24(29)16-25(19-35)32(37)36-28-10-6-9-27(34)18-28/h3-18H,2,20-21H2,1H3,(H,36,37)/b25-16-. The lowest BCUT2D eigenvalue weighted by molar-refractivity contribution is -0.112. The van der Waals surface area contributed by atoms with Crippen LogP contribution in [0, 0.1) is 11.3 Å². The summed E-state index contributed by atoms with van der Waals surface area (Å²) in [5.41, 5.74) is 2.91. The first-order valence-electron chi connectivity index (χ1n) is 12.5. The van der Waals surface area contributed by atoms with Crippen LogP contribution in [0.5, 0.6) is 17.2 Å². The molecule has 0 fully saturated rings. The van der Waals surface area contributed by atoms with Gasteiger partial charge in [-0.05, 0) is 72.7 Å². The number of carbonyl (C=O) groups excluding carboxylic acids is 1. The zero-order chi connectivity index (χ0) is 28.3. The highest BCUT2D eigenvalue weighted by Crippen LogP contribution is 2.31. The lowest BCUT2D eigenvalue weighted by Crippen LogP contribution is -2.13. The van der Waals surface area contributed by atoms with Crippen molar-refractivity contribution in [2.75, 3.05) is 11.9 Å². The largest absolute Gasteiger partial charge is 0.490 e. The molecule has 1 amide bonds. The zero-order valence-electron chi connectivity index (χ0n) is 21.7. The molecule has 0 heterocycles. The molecule has 1 N–H and O–H groups in total. The van der Waals surface area contributed by atoms with Crippen molar-refractivity contribution in [3.05, 3.63) is 123 Å². The van der Waals surface area contributed by atoms with Crippen molar-refractivity contribution in [1.82, 2.24) is 0 Å². The zero-order valence-corrected chi connectivity index (χ0v) is 24.0. The van der Waals surface area contributed by atoms with Gasteiger partial charge in [-0.2, -0.15) is 5.26 Å². The van der Waals surface area contributed by atoms with Crippen molar-refractivity contribution in [3.8, 4) is 23.3 Å². The molecule has 0 aliphatic rings. The quantitative estimate of drug-likeness (QED) is 0.136. The normalized spacial score (nSPS) is 10.9. The maximum atomic E-state index is 12.8. The van der Waals surface area contributed by atoms with E-state index in [1.807, 2.05) is 67.6 Å². The Bertz CT molecular complexity index is 1550. The molecule has 0 saturated carbocycles. The molecule has 40 heavy (non-hydrogen) atoms. The van der Waals surface area contributed by atoms with E-state index in [2.05, 4.69) is 21.2 Å². The minimum atomic E-state index is -0.553. The highest BCUT2D eigenvalue weighted by Gasteiger charge is 2.13. The second-order valence-electron chi connectivity index (χ2n) is 8.59. The number of nitrogens with one attached hydrogen (secondary N) is 1. The lowest BCUT2D eigenvalue weighted by Gasteiger charge is -2.15. The summed E-state index contributed by atoms with van der Waals surface area (Å²) in [5, 5.41) is 12.9. The third-order valence-corrected chi connectivity index (χ3v) is 6.39. The van der Waals surface area contributed by atoms with E-state index >= 15 is 0 Å². The SMILES string of the molecule is CCOc1cc(COc2ccc(Br)cc2/C=C(/C#N)C(=O)Nc2cccc(Cl)c2)ccc1OCc1ccccc1. The van der Waals surface area contributed by atoms with Gasteiger partial charge in [0.1, 0.15) is 30.6 Å². The van der Waals surface area contributed by atoms with E-state index in [9.17, 15) is 10.1 Å². The van der Waals surface area contributed by atoms with Gasteiger partial charge < -0.3 is 19.5 Å². The molecule has 4 aromatic carbocycles. The van der Waals surface area contributed by atoms with Gasteiger partial charge in [0.15, 0.2) is 11.5 Å². The second kappa shape index (κ2) is 14.2. The fraction of sp³-hybridized carbons (Fsp3) is 0.125. The number of nitriles is 1. The molecule has 0 unspecified atom stereocenters. The average Bonchev–Trinajstić information content (AvgIpc) is 2.95. The first kappa shape index (κ1) is 28.8. The molecule has 0 aliphatic carbocycles. The molecular weight excluding hydrogens is 592 g/mol. The monoisotopic (exact) mass is 616 g/mol. The van der Waals surface area contributed by atoms with Crippen LogP contribution in [-0.4, -0.2) is 12.5 Å². The van der Waals surface area contributed by atoms with Gasteiger partial charge in [-0.25, -0.2) is 0 Å².